The van der Waals surface area contributed by atoms with Gasteiger partial charge in [-0.3, -0.25) is 9.59 Å². The number of thiophene rings is 1. The van der Waals surface area contributed by atoms with Crippen LogP contribution < -0.4 is 5.32 Å². The zero-order chi connectivity index (χ0) is 14.4. The predicted octanol–water partition coefficient (Wildman–Crippen LogP) is 3.03. The van der Waals surface area contributed by atoms with Crippen LogP contribution in [0, 0.1) is 0 Å². The summed E-state index contributed by atoms with van der Waals surface area (Å²) in [7, 11) is 0. The Balaban J connectivity index is 1.92. The number of hydrogen-bond acceptors (Lipinski definition) is 3. The number of carbonyl (C=O) groups excluding carboxylic acids is 1. The lowest BCUT2D eigenvalue weighted by molar-refractivity contribution is -0.136. The number of nitrogens with one attached hydrogen (secondary N) is 1. The summed E-state index contributed by atoms with van der Waals surface area (Å²) in [6.45, 7) is 0. The first-order chi connectivity index (χ1) is 9.63. The second-order valence-electron chi connectivity index (χ2n) is 4.11. The molecule has 0 saturated heterocycles. The maximum atomic E-state index is 11.7. The molecular weight excluding hydrogens is 274 g/mol. The molecule has 0 bridgehead atoms. The summed E-state index contributed by atoms with van der Waals surface area (Å²) in [4.78, 5) is 23.2. The molecule has 20 heavy (non-hydrogen) atoms. The van der Waals surface area contributed by atoms with Gasteiger partial charge in [0.1, 0.15) is 0 Å². The van der Waals surface area contributed by atoms with Crippen molar-refractivity contribution in [1.29, 1.82) is 0 Å². The molecule has 5 heteroatoms. The normalized spacial score (nSPS) is 10.6. The van der Waals surface area contributed by atoms with Crippen LogP contribution in [0.5, 0.6) is 0 Å². The van der Waals surface area contributed by atoms with Gasteiger partial charge in [0.2, 0.25) is 5.91 Å². The molecule has 1 aromatic carbocycles. The molecule has 102 valence electrons. The minimum atomic E-state index is -0.874. The van der Waals surface area contributed by atoms with E-state index >= 15 is 0 Å². The zero-order valence-electron chi connectivity index (χ0n) is 10.6. The lowest BCUT2D eigenvalue weighted by Gasteiger charge is -2.03. The van der Waals surface area contributed by atoms with E-state index in [9.17, 15) is 9.59 Å². The van der Waals surface area contributed by atoms with Crippen LogP contribution in [-0.4, -0.2) is 17.0 Å². The largest absolute Gasteiger partial charge is 0.481 e. The summed E-state index contributed by atoms with van der Waals surface area (Å²) in [5.74, 6) is -1.09. The molecule has 0 aliphatic rings. The van der Waals surface area contributed by atoms with E-state index in [-0.39, 0.29) is 12.3 Å². The van der Waals surface area contributed by atoms with Crippen molar-refractivity contribution in [3.05, 3.63) is 58.3 Å². The molecule has 4 nitrogen and oxygen atoms in total. The predicted molar refractivity (Wildman–Crippen MR) is 79.8 cm³/mol. The molecule has 1 amide bonds. The summed E-state index contributed by atoms with van der Waals surface area (Å²) in [6.07, 6.45) is 3.20. The molecule has 0 radical (unpaired) electrons. The fraction of sp³-hybridized carbons (Fsp3) is 0.0667. The van der Waals surface area contributed by atoms with Crippen LogP contribution in [0.15, 0.2) is 47.9 Å². The molecule has 0 aliphatic heterocycles. The van der Waals surface area contributed by atoms with Gasteiger partial charge in [0.05, 0.1) is 6.42 Å². The van der Waals surface area contributed by atoms with E-state index in [1.54, 1.807) is 41.7 Å². The molecule has 2 aromatic rings. The summed E-state index contributed by atoms with van der Waals surface area (Å²) >= 11 is 1.56. The van der Waals surface area contributed by atoms with Gasteiger partial charge >= 0.3 is 5.97 Å². The lowest BCUT2D eigenvalue weighted by Crippen LogP contribution is -2.07. The van der Waals surface area contributed by atoms with Crippen molar-refractivity contribution in [3.63, 3.8) is 0 Å². The minimum absolute atomic E-state index is 0.0213. The number of carboxylic acid groups (broad SMARTS) is 1. The Kier molecular flexibility index (Phi) is 4.68. The maximum absolute atomic E-state index is 11.7. The quantitative estimate of drug-likeness (QED) is 0.831. The number of amides is 1. The summed E-state index contributed by atoms with van der Waals surface area (Å²) in [5.41, 5.74) is 1.34. The molecule has 2 rings (SSSR count). The van der Waals surface area contributed by atoms with Gasteiger partial charge in [-0.25, -0.2) is 0 Å². The first-order valence-corrected chi connectivity index (χ1v) is 6.85. The Labute approximate surface area is 120 Å². The molecular formula is C15H13NO3S. The van der Waals surface area contributed by atoms with Gasteiger partial charge in [-0.2, -0.15) is 0 Å². The van der Waals surface area contributed by atoms with Crippen molar-refractivity contribution in [3.8, 4) is 0 Å². The van der Waals surface area contributed by atoms with Crippen molar-refractivity contribution in [2.75, 3.05) is 5.32 Å². The fourth-order valence-corrected chi connectivity index (χ4v) is 2.23. The Morgan fingerprint density at radius 3 is 2.55 bits per heavy atom. The van der Waals surface area contributed by atoms with Crippen molar-refractivity contribution in [2.45, 2.75) is 6.42 Å². The average Bonchev–Trinajstić information content (AvgIpc) is 2.91. The topological polar surface area (TPSA) is 66.4 Å². The highest BCUT2D eigenvalue weighted by Gasteiger charge is 2.01. The smallest absolute Gasteiger partial charge is 0.307 e. The zero-order valence-corrected chi connectivity index (χ0v) is 11.4. The van der Waals surface area contributed by atoms with E-state index in [4.69, 9.17) is 5.11 Å². The SMILES string of the molecule is O=C(O)Cc1ccc(NC(=O)/C=C/c2cccs2)cc1. The maximum Gasteiger partial charge on any atom is 0.307 e. The molecule has 2 N–H and O–H groups in total. The summed E-state index contributed by atoms with van der Waals surface area (Å²) < 4.78 is 0. The molecule has 0 atom stereocenters. The minimum Gasteiger partial charge on any atom is -0.481 e. The average molecular weight is 287 g/mol. The number of benzene rings is 1. The lowest BCUT2D eigenvalue weighted by atomic mass is 10.1. The van der Waals surface area contributed by atoms with E-state index < -0.39 is 5.97 Å². The van der Waals surface area contributed by atoms with Crippen LogP contribution in [0.25, 0.3) is 6.08 Å². The molecule has 0 aliphatic carbocycles. The van der Waals surface area contributed by atoms with Crippen LogP contribution in [0.2, 0.25) is 0 Å². The van der Waals surface area contributed by atoms with E-state index in [0.717, 1.165) is 4.88 Å². The van der Waals surface area contributed by atoms with Crippen molar-refractivity contribution in [2.24, 2.45) is 0 Å². The molecule has 0 spiro atoms. The van der Waals surface area contributed by atoms with Crippen LogP contribution in [0.3, 0.4) is 0 Å². The number of rotatable bonds is 5. The highest BCUT2D eigenvalue weighted by Crippen LogP contribution is 2.12. The Hall–Kier alpha value is -2.40. The van der Waals surface area contributed by atoms with Gasteiger partial charge in [0.25, 0.3) is 0 Å². The highest BCUT2D eigenvalue weighted by atomic mass is 32.1. The first-order valence-electron chi connectivity index (χ1n) is 5.97. The first kappa shape index (κ1) is 14.0. The second kappa shape index (κ2) is 6.68. The van der Waals surface area contributed by atoms with E-state index in [0.29, 0.717) is 11.3 Å². The molecule has 0 unspecified atom stereocenters. The number of hydrogen-bond donors (Lipinski definition) is 2. The second-order valence-corrected chi connectivity index (χ2v) is 5.08. The van der Waals surface area contributed by atoms with Crippen molar-refractivity contribution in [1.82, 2.24) is 0 Å². The van der Waals surface area contributed by atoms with Gasteiger partial charge in [0, 0.05) is 16.6 Å². The van der Waals surface area contributed by atoms with Crippen molar-refractivity contribution >= 4 is 35.0 Å². The Morgan fingerprint density at radius 1 is 1.20 bits per heavy atom. The van der Waals surface area contributed by atoms with Gasteiger partial charge in [-0.1, -0.05) is 18.2 Å². The number of anilines is 1. The van der Waals surface area contributed by atoms with Crippen molar-refractivity contribution < 1.29 is 14.7 Å². The van der Waals surface area contributed by atoms with Gasteiger partial charge in [-0.05, 0) is 35.2 Å². The van der Waals surface area contributed by atoms with E-state index in [1.165, 1.54) is 6.08 Å². The van der Waals surface area contributed by atoms with Crippen LogP contribution in [0.4, 0.5) is 5.69 Å². The summed E-state index contributed by atoms with van der Waals surface area (Å²) in [6, 6.07) is 10.6. The van der Waals surface area contributed by atoms with Crippen LogP contribution in [-0.2, 0) is 16.0 Å². The van der Waals surface area contributed by atoms with Crippen LogP contribution >= 0.6 is 11.3 Å². The Morgan fingerprint density at radius 2 is 1.95 bits per heavy atom. The number of carbonyl (C=O) groups is 2. The highest BCUT2D eigenvalue weighted by molar-refractivity contribution is 7.10. The van der Waals surface area contributed by atoms with Crippen LogP contribution in [0.1, 0.15) is 10.4 Å². The molecule has 1 heterocycles. The molecule has 0 fully saturated rings. The molecule has 1 aromatic heterocycles. The number of carboxylic acids is 1. The monoisotopic (exact) mass is 287 g/mol. The third-order valence-corrected chi connectivity index (χ3v) is 3.36. The van der Waals surface area contributed by atoms with Gasteiger partial charge in [-0.15, -0.1) is 11.3 Å². The Bertz CT molecular complexity index is 615. The van der Waals surface area contributed by atoms with E-state index in [2.05, 4.69) is 5.32 Å². The standard InChI is InChI=1S/C15H13NO3S/c17-14(8-7-13-2-1-9-20-13)16-12-5-3-11(4-6-12)10-15(18)19/h1-9H,10H2,(H,16,17)(H,18,19)/b8-7+. The summed E-state index contributed by atoms with van der Waals surface area (Å²) in [5, 5.41) is 13.3. The number of aliphatic carboxylic acids is 1. The molecule has 0 saturated carbocycles. The third kappa shape index (κ3) is 4.37. The van der Waals surface area contributed by atoms with E-state index in [1.807, 2.05) is 17.5 Å². The fourth-order valence-electron chi connectivity index (χ4n) is 1.61. The van der Waals surface area contributed by atoms with Gasteiger partial charge < -0.3 is 10.4 Å². The third-order valence-electron chi connectivity index (χ3n) is 2.52. The van der Waals surface area contributed by atoms with Gasteiger partial charge in [0.15, 0.2) is 0 Å².